The third-order valence-electron chi connectivity index (χ3n) is 3.49. The molecule has 0 spiro atoms. The fourth-order valence-corrected chi connectivity index (χ4v) is 2.33. The molecule has 0 fully saturated rings. The molecule has 6 nitrogen and oxygen atoms in total. The summed E-state index contributed by atoms with van der Waals surface area (Å²) in [5.74, 6) is -0.301. The number of aromatic nitrogens is 3. The Bertz CT molecular complexity index is 903. The highest BCUT2D eigenvalue weighted by Gasteiger charge is 2.12. The lowest BCUT2D eigenvalue weighted by Crippen LogP contribution is -2.14. The summed E-state index contributed by atoms with van der Waals surface area (Å²) >= 11 is 0. The van der Waals surface area contributed by atoms with Gasteiger partial charge in [-0.25, -0.2) is 13.9 Å². The molecule has 2 heterocycles. The predicted molar refractivity (Wildman–Crippen MR) is 86.3 cm³/mol. The standard InChI is InChI=1S/C17H15FN4O2/c1-11-19-17-14(3-2-10-22(17)21-11)20-16(24)9-8-15(23)12-4-6-13(18)7-5-12/h2-7,10H,8-9H2,1H3,(H,20,24). The fraction of sp³-hybridized carbons (Fsp3) is 0.176. The number of nitrogens with one attached hydrogen (secondary N) is 1. The van der Waals surface area contributed by atoms with Gasteiger partial charge >= 0.3 is 0 Å². The minimum Gasteiger partial charge on any atom is -0.323 e. The molecule has 0 saturated carbocycles. The Morgan fingerprint density at radius 2 is 1.92 bits per heavy atom. The second-order valence-electron chi connectivity index (χ2n) is 5.33. The van der Waals surface area contributed by atoms with E-state index in [2.05, 4.69) is 15.4 Å². The summed E-state index contributed by atoms with van der Waals surface area (Å²) in [5, 5.41) is 6.91. The highest BCUT2D eigenvalue weighted by Crippen LogP contribution is 2.15. The van der Waals surface area contributed by atoms with Gasteiger partial charge in [-0.2, -0.15) is 5.10 Å². The monoisotopic (exact) mass is 326 g/mol. The van der Waals surface area contributed by atoms with Gasteiger partial charge in [-0.05, 0) is 43.3 Å². The lowest BCUT2D eigenvalue weighted by Gasteiger charge is -2.06. The van der Waals surface area contributed by atoms with Crippen LogP contribution in [0.25, 0.3) is 5.65 Å². The van der Waals surface area contributed by atoms with Gasteiger partial charge in [0.05, 0.1) is 5.69 Å². The summed E-state index contributed by atoms with van der Waals surface area (Å²) in [7, 11) is 0. The van der Waals surface area contributed by atoms with Crippen LogP contribution < -0.4 is 5.32 Å². The number of nitrogens with zero attached hydrogens (tertiary/aromatic N) is 3. The van der Waals surface area contributed by atoms with E-state index in [-0.39, 0.29) is 24.5 Å². The van der Waals surface area contributed by atoms with E-state index < -0.39 is 5.82 Å². The van der Waals surface area contributed by atoms with Gasteiger partial charge < -0.3 is 5.32 Å². The minimum atomic E-state index is -0.402. The van der Waals surface area contributed by atoms with Gasteiger partial charge in [0, 0.05) is 24.6 Å². The van der Waals surface area contributed by atoms with Crippen LogP contribution in [0.4, 0.5) is 10.1 Å². The van der Waals surface area contributed by atoms with Crippen LogP contribution in [0.2, 0.25) is 0 Å². The molecular formula is C17H15FN4O2. The lowest BCUT2D eigenvalue weighted by atomic mass is 10.1. The molecule has 1 aromatic carbocycles. The predicted octanol–water partition coefficient (Wildman–Crippen LogP) is 2.78. The molecule has 122 valence electrons. The zero-order chi connectivity index (χ0) is 17.1. The Kier molecular flexibility index (Phi) is 4.33. The first-order valence-corrected chi connectivity index (χ1v) is 7.43. The number of hydrogen-bond donors (Lipinski definition) is 1. The van der Waals surface area contributed by atoms with Crippen molar-refractivity contribution in [3.05, 3.63) is 59.8 Å². The average molecular weight is 326 g/mol. The number of aryl methyl sites for hydroxylation is 1. The first-order valence-electron chi connectivity index (χ1n) is 7.43. The first-order chi connectivity index (χ1) is 11.5. The number of amides is 1. The summed E-state index contributed by atoms with van der Waals surface area (Å²) in [5.41, 5.74) is 1.48. The molecule has 0 radical (unpaired) electrons. The summed E-state index contributed by atoms with van der Waals surface area (Å²) < 4.78 is 14.4. The average Bonchev–Trinajstić information content (AvgIpc) is 2.95. The molecule has 7 heteroatoms. The Balaban J connectivity index is 1.63. The third kappa shape index (κ3) is 3.45. The Morgan fingerprint density at radius 3 is 2.67 bits per heavy atom. The topological polar surface area (TPSA) is 76.4 Å². The van der Waals surface area contributed by atoms with E-state index in [1.807, 2.05) is 0 Å². The molecule has 3 rings (SSSR count). The summed E-state index contributed by atoms with van der Waals surface area (Å²) in [6, 6.07) is 8.75. The number of anilines is 1. The van der Waals surface area contributed by atoms with Crippen molar-refractivity contribution in [3.63, 3.8) is 0 Å². The summed E-state index contributed by atoms with van der Waals surface area (Å²) in [4.78, 5) is 28.3. The highest BCUT2D eigenvalue weighted by molar-refractivity contribution is 6.00. The number of halogens is 1. The van der Waals surface area contributed by atoms with E-state index in [1.54, 1.807) is 29.8 Å². The number of carbonyl (C=O) groups is 2. The van der Waals surface area contributed by atoms with E-state index in [1.165, 1.54) is 24.3 Å². The summed E-state index contributed by atoms with van der Waals surface area (Å²) in [6.07, 6.45) is 1.82. The Labute approximate surface area is 137 Å². The SMILES string of the molecule is Cc1nc2c(NC(=O)CCC(=O)c3ccc(F)cc3)cccn2n1. The number of carbonyl (C=O) groups excluding carboxylic acids is 2. The number of fused-ring (bicyclic) bond motifs is 1. The molecule has 0 aliphatic carbocycles. The normalized spacial score (nSPS) is 10.8. The van der Waals surface area contributed by atoms with Crippen molar-refractivity contribution in [1.82, 2.24) is 14.6 Å². The largest absolute Gasteiger partial charge is 0.323 e. The number of hydrogen-bond acceptors (Lipinski definition) is 4. The van der Waals surface area contributed by atoms with Crippen molar-refractivity contribution >= 4 is 23.0 Å². The van der Waals surface area contributed by atoms with E-state index in [9.17, 15) is 14.0 Å². The van der Waals surface area contributed by atoms with Gasteiger partial charge in [-0.3, -0.25) is 9.59 Å². The number of pyridine rings is 1. The molecule has 3 aromatic rings. The van der Waals surface area contributed by atoms with E-state index >= 15 is 0 Å². The third-order valence-corrected chi connectivity index (χ3v) is 3.49. The van der Waals surface area contributed by atoms with Crippen LogP contribution in [0.5, 0.6) is 0 Å². The van der Waals surface area contributed by atoms with Crippen molar-refractivity contribution < 1.29 is 14.0 Å². The van der Waals surface area contributed by atoms with Gasteiger partial charge in [0.25, 0.3) is 0 Å². The van der Waals surface area contributed by atoms with Crippen molar-refractivity contribution in [2.24, 2.45) is 0 Å². The molecule has 1 N–H and O–H groups in total. The number of Topliss-reactive ketones (excluding diaryl/α,β-unsaturated/α-hetero) is 1. The highest BCUT2D eigenvalue weighted by atomic mass is 19.1. The molecule has 0 atom stereocenters. The van der Waals surface area contributed by atoms with Crippen LogP contribution in [-0.2, 0) is 4.79 Å². The molecule has 2 aromatic heterocycles. The van der Waals surface area contributed by atoms with Gasteiger partial charge in [0.1, 0.15) is 11.6 Å². The molecule has 24 heavy (non-hydrogen) atoms. The zero-order valence-electron chi connectivity index (χ0n) is 13.0. The van der Waals surface area contributed by atoms with Crippen LogP contribution in [0, 0.1) is 12.7 Å². The number of benzene rings is 1. The molecular weight excluding hydrogens is 311 g/mol. The van der Waals surface area contributed by atoms with Gasteiger partial charge in [0.15, 0.2) is 11.4 Å². The maximum absolute atomic E-state index is 12.8. The Hall–Kier alpha value is -3.09. The van der Waals surface area contributed by atoms with Crippen LogP contribution in [0.15, 0.2) is 42.6 Å². The minimum absolute atomic E-state index is 0.0321. The zero-order valence-corrected chi connectivity index (χ0v) is 13.0. The maximum atomic E-state index is 12.8. The number of rotatable bonds is 5. The molecule has 0 unspecified atom stereocenters. The maximum Gasteiger partial charge on any atom is 0.224 e. The second kappa shape index (κ2) is 6.57. The smallest absolute Gasteiger partial charge is 0.224 e. The molecule has 0 aliphatic rings. The van der Waals surface area contributed by atoms with Crippen molar-refractivity contribution in [3.8, 4) is 0 Å². The van der Waals surface area contributed by atoms with Crippen LogP contribution in [0.1, 0.15) is 29.0 Å². The van der Waals surface area contributed by atoms with Crippen LogP contribution in [-0.4, -0.2) is 26.3 Å². The quantitative estimate of drug-likeness (QED) is 0.732. The van der Waals surface area contributed by atoms with E-state index in [0.717, 1.165) is 0 Å². The van der Waals surface area contributed by atoms with Gasteiger partial charge in [-0.1, -0.05) is 0 Å². The molecule has 0 saturated heterocycles. The summed E-state index contributed by atoms with van der Waals surface area (Å²) in [6.45, 7) is 1.76. The van der Waals surface area contributed by atoms with Crippen molar-refractivity contribution in [1.29, 1.82) is 0 Å². The van der Waals surface area contributed by atoms with E-state index in [4.69, 9.17) is 0 Å². The Morgan fingerprint density at radius 1 is 1.17 bits per heavy atom. The van der Waals surface area contributed by atoms with Gasteiger partial charge in [-0.15, -0.1) is 0 Å². The first kappa shape index (κ1) is 15.8. The van der Waals surface area contributed by atoms with Crippen LogP contribution in [0.3, 0.4) is 0 Å². The van der Waals surface area contributed by atoms with Crippen molar-refractivity contribution in [2.75, 3.05) is 5.32 Å². The molecule has 0 bridgehead atoms. The number of ketones is 1. The second-order valence-corrected chi connectivity index (χ2v) is 5.33. The fourth-order valence-electron chi connectivity index (χ4n) is 2.33. The van der Waals surface area contributed by atoms with Crippen molar-refractivity contribution in [2.45, 2.75) is 19.8 Å². The lowest BCUT2D eigenvalue weighted by molar-refractivity contribution is -0.116. The molecule has 1 amide bonds. The van der Waals surface area contributed by atoms with Crippen LogP contribution >= 0.6 is 0 Å². The van der Waals surface area contributed by atoms with E-state index in [0.29, 0.717) is 22.7 Å². The van der Waals surface area contributed by atoms with Gasteiger partial charge in [0.2, 0.25) is 5.91 Å². The molecule has 0 aliphatic heterocycles.